The van der Waals surface area contributed by atoms with Crippen LogP contribution in [0.15, 0.2) is 132 Å². The predicted octanol–water partition coefficient (Wildman–Crippen LogP) is 13.4. The second-order valence-corrected chi connectivity index (χ2v) is 21.7. The van der Waals surface area contributed by atoms with E-state index in [0.29, 0.717) is 23.1 Å². The Kier molecular flexibility index (Phi) is 10.9. The fraction of sp³-hybridized carbons (Fsp3) is 0.212. The Bertz CT molecular complexity index is 2920. The quantitative estimate of drug-likeness (QED) is 0.118. The van der Waals surface area contributed by atoms with E-state index in [9.17, 15) is 0 Å². The summed E-state index contributed by atoms with van der Waals surface area (Å²) < 4.78 is 30.8. The van der Waals surface area contributed by atoms with Crippen LogP contribution in [0.25, 0.3) is 72.6 Å². The average Bonchev–Trinajstić information content (AvgIpc) is 3.81. The number of aromatic nitrogens is 4. The van der Waals surface area contributed by atoms with Gasteiger partial charge >= 0.3 is 0 Å². The van der Waals surface area contributed by atoms with Gasteiger partial charge in [-0.05, 0) is 88.3 Å². The van der Waals surface area contributed by atoms with Crippen LogP contribution in [0.5, 0.6) is 0 Å². The van der Waals surface area contributed by atoms with E-state index in [4.69, 9.17) is 13.5 Å². The second kappa shape index (κ2) is 17.0. The largest absolute Gasteiger partial charge is 0.486 e. The summed E-state index contributed by atoms with van der Waals surface area (Å²) in [5.41, 5.74) is 13.3. The molecule has 0 saturated heterocycles. The molecule has 4 aromatic heterocycles. The summed E-state index contributed by atoms with van der Waals surface area (Å²) >= 11 is 0. The molecular formula is C52H50IrN4OSi-2. The Morgan fingerprint density at radius 2 is 1.47 bits per heavy atom. The number of fused-ring (bicyclic) bond motifs is 4. The zero-order valence-corrected chi connectivity index (χ0v) is 38.2. The average molecular weight is 970 g/mol. The van der Waals surface area contributed by atoms with Crippen molar-refractivity contribution in [1.82, 2.24) is 19.5 Å². The van der Waals surface area contributed by atoms with Crippen LogP contribution >= 0.6 is 0 Å². The normalized spacial score (nSPS) is 12.6. The summed E-state index contributed by atoms with van der Waals surface area (Å²) in [4.78, 5) is 14.4. The predicted molar refractivity (Wildman–Crippen MR) is 245 cm³/mol. The maximum absolute atomic E-state index is 7.35. The van der Waals surface area contributed by atoms with Crippen molar-refractivity contribution >= 4 is 46.4 Å². The minimum Gasteiger partial charge on any atom is -0.486 e. The Morgan fingerprint density at radius 1 is 0.746 bits per heavy atom. The molecule has 4 heterocycles. The Morgan fingerprint density at radius 3 is 2.12 bits per heavy atom. The third-order valence-corrected chi connectivity index (χ3v) is 12.7. The van der Waals surface area contributed by atoms with Gasteiger partial charge in [0.25, 0.3) is 0 Å². The number of hydrogen-bond acceptors (Lipinski definition) is 4. The van der Waals surface area contributed by atoms with Gasteiger partial charge in [-0.1, -0.05) is 120 Å². The van der Waals surface area contributed by atoms with E-state index in [1.165, 1.54) is 39.2 Å². The topological polar surface area (TPSA) is 56.7 Å². The van der Waals surface area contributed by atoms with E-state index in [1.54, 1.807) is 12.1 Å². The van der Waals surface area contributed by atoms with E-state index in [-0.39, 0.29) is 20.1 Å². The van der Waals surface area contributed by atoms with E-state index in [2.05, 4.69) is 153 Å². The molecule has 0 unspecified atom stereocenters. The van der Waals surface area contributed by atoms with Crippen molar-refractivity contribution in [3.8, 4) is 39.5 Å². The number of hydrogen-bond donors (Lipinski definition) is 0. The molecule has 0 saturated carbocycles. The van der Waals surface area contributed by atoms with Crippen LogP contribution in [0.4, 0.5) is 0 Å². The molecule has 0 aliphatic carbocycles. The van der Waals surface area contributed by atoms with Crippen molar-refractivity contribution < 1.29 is 28.6 Å². The molecule has 9 aromatic rings. The molecule has 0 N–H and O–H groups in total. The summed E-state index contributed by atoms with van der Waals surface area (Å²) in [5.74, 6) is 1.40. The molecule has 5 nitrogen and oxygen atoms in total. The third-order valence-electron chi connectivity index (χ3n) is 10.7. The van der Waals surface area contributed by atoms with Crippen molar-refractivity contribution in [3.05, 3.63) is 162 Å². The van der Waals surface area contributed by atoms with Crippen LogP contribution < -0.4 is 5.19 Å². The van der Waals surface area contributed by atoms with Gasteiger partial charge in [-0.25, -0.2) is 4.98 Å². The van der Waals surface area contributed by atoms with Crippen molar-refractivity contribution in [2.45, 2.75) is 72.9 Å². The standard InChI is InChI=1S/C37H32N3O.C15H18NSi.Ir/c1-22(2)30-20-26(25-12-7-6-8-13-25)21-31(23(3)4)34(30)40-33-17-10-9-16-32(33)39-36(40)29-15-11-14-27-28-19-18-24(5)38-37(28)41-35(27)29;1-12-5-7-13(8-6-12)15-10-9-14(11-16-15)17(2,3)4;/h6-14,16-23H,1-5H3;5-7,9-11H,1-4H3;/q2*-1;/i;1D3;. The van der Waals surface area contributed by atoms with Gasteiger partial charge in [-0.15, -0.1) is 53.6 Å². The fourth-order valence-electron chi connectivity index (χ4n) is 7.50. The maximum atomic E-state index is 7.35. The van der Waals surface area contributed by atoms with Crippen LogP contribution in [0, 0.1) is 25.9 Å². The molecule has 7 heteroatoms. The van der Waals surface area contributed by atoms with Crippen LogP contribution in [0.2, 0.25) is 19.6 Å². The Labute approximate surface area is 367 Å². The van der Waals surface area contributed by atoms with Gasteiger partial charge in [0.15, 0.2) is 0 Å². The van der Waals surface area contributed by atoms with Gasteiger partial charge in [0.1, 0.15) is 0 Å². The zero-order valence-electron chi connectivity index (χ0n) is 37.8. The minimum atomic E-state index is -2.08. The molecule has 0 atom stereocenters. The van der Waals surface area contributed by atoms with Crippen LogP contribution in [0.3, 0.4) is 0 Å². The number of para-hydroxylation sites is 2. The van der Waals surface area contributed by atoms with Crippen molar-refractivity contribution in [3.63, 3.8) is 0 Å². The minimum absolute atomic E-state index is 0. The van der Waals surface area contributed by atoms with E-state index < -0.39 is 14.9 Å². The molecule has 1 radical (unpaired) electrons. The first-order chi connectivity index (χ1) is 29.1. The third kappa shape index (κ3) is 8.38. The molecule has 5 aromatic carbocycles. The Balaban J connectivity index is 0.000000233. The van der Waals surface area contributed by atoms with Gasteiger partial charge in [0.05, 0.1) is 30.5 Å². The number of rotatable bonds is 7. The summed E-state index contributed by atoms with van der Waals surface area (Å²) in [5, 5.41) is 3.33. The smallest absolute Gasteiger partial charge is 0.216 e. The maximum Gasteiger partial charge on any atom is 0.216 e. The molecular weight excluding hydrogens is 917 g/mol. The van der Waals surface area contributed by atoms with Gasteiger partial charge < -0.3 is 14.0 Å². The van der Waals surface area contributed by atoms with Crippen molar-refractivity contribution in [1.29, 1.82) is 0 Å². The number of nitrogens with zero attached hydrogens (tertiary/aromatic N) is 4. The summed E-state index contributed by atoms with van der Waals surface area (Å²) in [6.07, 6.45) is 1.92. The zero-order chi connectivity index (χ0) is 43.2. The van der Waals surface area contributed by atoms with Crippen molar-refractivity contribution in [2.24, 2.45) is 0 Å². The molecule has 0 amide bonds. The van der Waals surface area contributed by atoms with Gasteiger partial charge in [0.2, 0.25) is 5.71 Å². The molecule has 0 aliphatic heterocycles. The SMILES string of the molecule is Cc1ccc2c(n1)oc1c(-c3nc4ccccc4n3-c3c(C(C)C)cc(-c4ccccc4)cc3C(C)C)[c-]ccc12.[2H]C([2H])([2H])c1c[c-]c(-c2ccc([Si](C)(C)C)cn2)cc1.[Ir]. The Hall–Kier alpha value is -5.46. The van der Waals surface area contributed by atoms with E-state index in [0.717, 1.165) is 55.7 Å². The van der Waals surface area contributed by atoms with Crippen LogP contribution in [0.1, 0.15) is 66.0 Å². The molecule has 0 bridgehead atoms. The van der Waals surface area contributed by atoms with Gasteiger partial charge in [-0.3, -0.25) is 4.98 Å². The van der Waals surface area contributed by atoms with Crippen molar-refractivity contribution in [2.75, 3.05) is 0 Å². The number of aryl methyl sites for hydroxylation is 2. The molecule has 0 fully saturated rings. The molecule has 0 spiro atoms. The summed E-state index contributed by atoms with van der Waals surface area (Å²) in [6.45, 7) is 15.8. The van der Waals surface area contributed by atoms with Crippen LogP contribution in [-0.2, 0) is 20.1 Å². The monoisotopic (exact) mass is 970 g/mol. The first-order valence-electron chi connectivity index (χ1n) is 21.5. The summed E-state index contributed by atoms with van der Waals surface area (Å²) in [7, 11) is -1.34. The van der Waals surface area contributed by atoms with Gasteiger partial charge in [-0.2, -0.15) is 0 Å². The molecule has 9 rings (SSSR count). The van der Waals surface area contributed by atoms with E-state index >= 15 is 0 Å². The fourth-order valence-corrected chi connectivity index (χ4v) is 8.53. The first kappa shape index (κ1) is 37.8. The number of furan rings is 1. The number of pyridine rings is 2. The molecule has 59 heavy (non-hydrogen) atoms. The molecule has 299 valence electrons. The second-order valence-electron chi connectivity index (χ2n) is 16.6. The number of imidazole rings is 1. The number of benzene rings is 5. The first-order valence-corrected chi connectivity index (χ1v) is 23.5. The van der Waals surface area contributed by atoms with Crippen LogP contribution in [-0.4, -0.2) is 27.6 Å². The van der Waals surface area contributed by atoms with Gasteiger partial charge in [0, 0.05) is 47.2 Å². The molecule has 0 aliphatic rings. The van der Waals surface area contributed by atoms with E-state index in [1.807, 2.05) is 37.4 Å². The summed E-state index contributed by atoms with van der Waals surface area (Å²) in [6, 6.07) is 47.4.